The third kappa shape index (κ3) is 3.32. The molecule has 1 aliphatic heterocycles. The molecule has 4 rings (SSSR count). The van der Waals surface area contributed by atoms with Crippen LogP contribution in [0.2, 0.25) is 0 Å². The number of hydrogen-bond donors (Lipinski definition) is 8. The van der Waals surface area contributed by atoms with Crippen LogP contribution in [-0.4, -0.2) is 71.9 Å². The van der Waals surface area contributed by atoms with Crippen LogP contribution in [0.4, 0.5) is 0 Å². The van der Waals surface area contributed by atoms with Crippen molar-refractivity contribution in [3.05, 3.63) is 46.3 Å². The second-order valence-electron chi connectivity index (χ2n) is 7.46. The molecule has 170 valence electrons. The van der Waals surface area contributed by atoms with Crippen molar-refractivity contribution in [2.24, 2.45) is 0 Å². The molecule has 2 unspecified atom stereocenters. The number of aliphatic hydroxyl groups excluding tert-OH is 4. The Morgan fingerprint density at radius 3 is 2.22 bits per heavy atom. The summed E-state index contributed by atoms with van der Waals surface area (Å²) < 4.78 is 11.0. The summed E-state index contributed by atoms with van der Waals surface area (Å²) in [7, 11) is 0. The van der Waals surface area contributed by atoms with E-state index in [0.29, 0.717) is 0 Å². The van der Waals surface area contributed by atoms with E-state index in [1.165, 1.54) is 6.07 Å². The van der Waals surface area contributed by atoms with Gasteiger partial charge in [0.2, 0.25) is 5.43 Å². The third-order valence-electron chi connectivity index (χ3n) is 5.51. The van der Waals surface area contributed by atoms with Gasteiger partial charge < -0.3 is 50.0 Å². The average molecular weight is 448 g/mol. The van der Waals surface area contributed by atoms with Gasteiger partial charge in [-0.3, -0.25) is 4.79 Å². The quantitative estimate of drug-likeness (QED) is 0.247. The van der Waals surface area contributed by atoms with Gasteiger partial charge in [0.1, 0.15) is 53.7 Å². The van der Waals surface area contributed by atoms with E-state index in [9.17, 15) is 45.6 Å². The van der Waals surface area contributed by atoms with Crippen LogP contribution in [0, 0.1) is 0 Å². The molecule has 0 saturated carbocycles. The second-order valence-corrected chi connectivity index (χ2v) is 7.46. The van der Waals surface area contributed by atoms with E-state index in [1.54, 1.807) is 0 Å². The number of ether oxygens (including phenoxy) is 1. The summed E-state index contributed by atoms with van der Waals surface area (Å²) in [4.78, 5) is 13.1. The highest BCUT2D eigenvalue weighted by Gasteiger charge is 2.46. The first-order valence-corrected chi connectivity index (χ1v) is 9.48. The molecule has 1 saturated heterocycles. The molecular formula is C21H20O11. The first-order chi connectivity index (χ1) is 15.1. The maximum Gasteiger partial charge on any atom is 0.204 e. The van der Waals surface area contributed by atoms with Crippen molar-refractivity contribution in [2.45, 2.75) is 30.5 Å². The number of hydrogen-bond acceptors (Lipinski definition) is 11. The summed E-state index contributed by atoms with van der Waals surface area (Å²) in [5.74, 6) is -2.17. The van der Waals surface area contributed by atoms with Gasteiger partial charge >= 0.3 is 0 Å². The van der Waals surface area contributed by atoms with Crippen LogP contribution in [0.5, 0.6) is 23.0 Å². The Balaban J connectivity index is 1.93. The fourth-order valence-electron chi connectivity index (χ4n) is 3.80. The lowest BCUT2D eigenvalue weighted by Crippen LogP contribution is -2.55. The van der Waals surface area contributed by atoms with E-state index in [4.69, 9.17) is 9.15 Å². The Hall–Kier alpha value is -3.35. The minimum atomic E-state index is -1.77. The van der Waals surface area contributed by atoms with E-state index in [2.05, 4.69) is 0 Å². The van der Waals surface area contributed by atoms with Crippen LogP contribution < -0.4 is 5.43 Å². The van der Waals surface area contributed by atoms with Crippen molar-refractivity contribution in [1.82, 2.24) is 0 Å². The predicted molar refractivity (Wildman–Crippen MR) is 107 cm³/mol. The van der Waals surface area contributed by atoms with Crippen molar-refractivity contribution >= 4 is 11.0 Å². The second kappa shape index (κ2) is 7.97. The molecule has 0 amide bonds. The zero-order valence-corrected chi connectivity index (χ0v) is 16.3. The van der Waals surface area contributed by atoms with Crippen LogP contribution in [0.3, 0.4) is 0 Å². The van der Waals surface area contributed by atoms with Gasteiger partial charge in [0.25, 0.3) is 0 Å². The van der Waals surface area contributed by atoms with Crippen LogP contribution in [0.15, 0.2) is 39.7 Å². The summed E-state index contributed by atoms with van der Waals surface area (Å²) in [6.07, 6.45) is -6.99. The SMILES string of the molecule is O=c1c(-c2ccc(O)c(O)c2)coc2c([C@@H]3OC(CO)[C@@H](O)[C@H](O)C3O)c(O)cc(O)c12. The van der Waals surface area contributed by atoms with Gasteiger partial charge in [-0.2, -0.15) is 0 Å². The Morgan fingerprint density at radius 1 is 0.844 bits per heavy atom. The number of benzene rings is 2. The largest absolute Gasteiger partial charge is 0.507 e. The van der Waals surface area contributed by atoms with Crippen molar-refractivity contribution in [3.8, 4) is 34.1 Å². The predicted octanol–water partition coefficient (Wildman–Crippen LogP) is -0.203. The van der Waals surface area contributed by atoms with Gasteiger partial charge in [-0.25, -0.2) is 0 Å². The maximum absolute atomic E-state index is 13.1. The van der Waals surface area contributed by atoms with Crippen LogP contribution >= 0.6 is 0 Å². The van der Waals surface area contributed by atoms with Crippen molar-refractivity contribution in [3.63, 3.8) is 0 Å². The molecule has 1 aliphatic rings. The molecule has 0 radical (unpaired) electrons. The Kier molecular flexibility index (Phi) is 5.44. The number of rotatable bonds is 3. The smallest absolute Gasteiger partial charge is 0.204 e. The molecule has 0 aliphatic carbocycles. The molecule has 1 aromatic heterocycles. The highest BCUT2D eigenvalue weighted by molar-refractivity contribution is 5.91. The van der Waals surface area contributed by atoms with Crippen LogP contribution in [-0.2, 0) is 4.74 Å². The zero-order valence-electron chi connectivity index (χ0n) is 16.3. The first-order valence-electron chi connectivity index (χ1n) is 9.48. The Morgan fingerprint density at radius 2 is 1.56 bits per heavy atom. The lowest BCUT2D eigenvalue weighted by atomic mass is 9.89. The molecule has 5 atom stereocenters. The number of aliphatic hydroxyl groups is 4. The van der Waals surface area contributed by atoms with E-state index < -0.39 is 65.6 Å². The van der Waals surface area contributed by atoms with Gasteiger partial charge in [-0.15, -0.1) is 0 Å². The first kappa shape index (κ1) is 21.9. The van der Waals surface area contributed by atoms with Gasteiger partial charge in [-0.05, 0) is 17.7 Å². The van der Waals surface area contributed by atoms with Gasteiger partial charge in [0.05, 0.1) is 17.7 Å². The topological polar surface area (TPSA) is 201 Å². The number of phenolic OH excluding ortho intramolecular Hbond substituents is 4. The molecule has 2 heterocycles. The van der Waals surface area contributed by atoms with Crippen molar-refractivity contribution < 1.29 is 50.0 Å². The fraction of sp³-hybridized carbons (Fsp3) is 0.286. The van der Waals surface area contributed by atoms with Crippen LogP contribution in [0.1, 0.15) is 11.7 Å². The minimum Gasteiger partial charge on any atom is -0.507 e. The zero-order chi connectivity index (χ0) is 23.3. The van der Waals surface area contributed by atoms with Gasteiger partial charge in [0, 0.05) is 6.07 Å². The molecule has 0 bridgehead atoms. The average Bonchev–Trinajstić information content (AvgIpc) is 2.75. The van der Waals surface area contributed by atoms with E-state index in [0.717, 1.165) is 24.5 Å². The number of aromatic hydroxyl groups is 4. The Labute approximate surface area is 179 Å². The van der Waals surface area contributed by atoms with Gasteiger partial charge in [0.15, 0.2) is 17.1 Å². The third-order valence-corrected chi connectivity index (χ3v) is 5.51. The minimum absolute atomic E-state index is 0.0893. The molecular weight excluding hydrogens is 428 g/mol. The van der Waals surface area contributed by atoms with Crippen LogP contribution in [0.25, 0.3) is 22.1 Å². The standard InChI is InChI=1S/C21H20O11/c22-5-13-17(28)18(29)19(30)21(32-13)15-12(26)4-11(25)14-16(27)8(6-31-20(14)15)7-1-2-9(23)10(24)3-7/h1-4,6,13,17-19,21-26,28-30H,5H2/t13?,17-,18+,19?,21+/m1/s1. The monoisotopic (exact) mass is 448 g/mol. The van der Waals surface area contributed by atoms with Crippen molar-refractivity contribution in [1.29, 1.82) is 0 Å². The summed E-state index contributed by atoms with van der Waals surface area (Å²) in [5, 5.41) is 79.5. The lowest BCUT2D eigenvalue weighted by Gasteiger charge is -2.40. The Bertz CT molecular complexity index is 1230. The molecule has 3 aromatic rings. The number of phenols is 4. The van der Waals surface area contributed by atoms with E-state index >= 15 is 0 Å². The summed E-state index contributed by atoms with van der Waals surface area (Å²) >= 11 is 0. The van der Waals surface area contributed by atoms with Crippen molar-refractivity contribution in [2.75, 3.05) is 6.61 Å². The molecule has 11 nitrogen and oxygen atoms in total. The van der Waals surface area contributed by atoms with E-state index in [1.807, 2.05) is 0 Å². The van der Waals surface area contributed by atoms with E-state index in [-0.39, 0.29) is 27.7 Å². The normalized spacial score (nSPS) is 25.8. The fourth-order valence-corrected chi connectivity index (χ4v) is 3.80. The summed E-state index contributed by atoms with van der Waals surface area (Å²) in [5.41, 5.74) is -1.33. The molecule has 0 spiro atoms. The van der Waals surface area contributed by atoms with Gasteiger partial charge in [-0.1, -0.05) is 6.07 Å². The molecule has 32 heavy (non-hydrogen) atoms. The molecule has 2 aromatic carbocycles. The summed E-state index contributed by atoms with van der Waals surface area (Å²) in [6, 6.07) is 4.44. The lowest BCUT2D eigenvalue weighted by molar-refractivity contribution is -0.231. The highest BCUT2D eigenvalue weighted by atomic mass is 16.5. The molecule has 8 N–H and O–H groups in total. The number of fused-ring (bicyclic) bond motifs is 1. The summed E-state index contributed by atoms with van der Waals surface area (Å²) in [6.45, 7) is -0.712. The molecule has 1 fully saturated rings. The maximum atomic E-state index is 13.1. The molecule has 11 heteroatoms. The highest BCUT2D eigenvalue weighted by Crippen LogP contribution is 2.43.